The normalized spacial score (nSPS) is 16.1. The van der Waals surface area contributed by atoms with Gasteiger partial charge in [0.15, 0.2) is 0 Å². The van der Waals surface area contributed by atoms with E-state index in [1.54, 1.807) is 5.57 Å². The highest BCUT2D eigenvalue weighted by molar-refractivity contribution is 5.11. The van der Waals surface area contributed by atoms with Gasteiger partial charge in [0, 0.05) is 1.37 Å². The Morgan fingerprint density at radius 1 is 1.25 bits per heavy atom. The van der Waals surface area contributed by atoms with Crippen LogP contribution in [0.2, 0.25) is 0 Å². The Balaban J connectivity index is 0. The number of piperidine rings is 1. The molecule has 0 aromatic rings. The van der Waals surface area contributed by atoms with E-state index in [9.17, 15) is 0 Å². The first-order valence-corrected chi connectivity index (χ1v) is 4.66. The Morgan fingerprint density at radius 3 is 1.92 bits per heavy atom. The van der Waals surface area contributed by atoms with E-state index in [-0.39, 0.29) is 0 Å². The monoisotopic (exact) mass is 172 g/mol. The molecule has 0 unspecified atom stereocenters. The zero-order valence-corrected chi connectivity index (χ0v) is 9.33. The van der Waals surface area contributed by atoms with Crippen molar-refractivity contribution < 1.29 is 1.37 Å². The summed E-state index contributed by atoms with van der Waals surface area (Å²) in [6.07, 6.45) is 2.53. The minimum absolute atomic E-state index is 1.18. The van der Waals surface area contributed by atoms with Gasteiger partial charge in [0.1, 0.15) is 0 Å². The third kappa shape index (κ3) is 5.36. The highest BCUT2D eigenvalue weighted by Crippen LogP contribution is 2.13. The average molecular weight is 172 g/mol. The van der Waals surface area contributed by atoms with Crippen LogP contribution in [0.1, 0.15) is 49.3 Å². The van der Waals surface area contributed by atoms with Crippen molar-refractivity contribution in [3.63, 3.8) is 0 Å². The predicted octanol–water partition coefficient (Wildman–Crippen LogP) is 3.37. The van der Waals surface area contributed by atoms with E-state index in [1.807, 2.05) is 13.8 Å². The van der Waals surface area contributed by atoms with Gasteiger partial charge in [-0.05, 0) is 39.8 Å². The molecule has 0 aromatic heterocycles. The molecule has 1 heteroatoms. The SMILES string of the molecule is CC.CC(C)=C1CCNCC1.[2H]C. The van der Waals surface area contributed by atoms with E-state index in [1.165, 1.54) is 38.9 Å². The third-order valence-corrected chi connectivity index (χ3v) is 1.91. The van der Waals surface area contributed by atoms with Gasteiger partial charge < -0.3 is 5.32 Å². The molecule has 1 rings (SSSR count). The highest BCUT2D eigenvalue weighted by Gasteiger charge is 2.04. The average Bonchev–Trinajstić information content (AvgIpc) is 2.25. The second-order valence-corrected chi connectivity index (χ2v) is 2.85. The van der Waals surface area contributed by atoms with E-state index >= 15 is 0 Å². The summed E-state index contributed by atoms with van der Waals surface area (Å²) in [7, 11) is 1.25. The maximum atomic E-state index is 5.75. The van der Waals surface area contributed by atoms with Gasteiger partial charge in [-0.25, -0.2) is 0 Å². The van der Waals surface area contributed by atoms with Gasteiger partial charge in [-0.3, -0.25) is 0 Å². The Morgan fingerprint density at radius 2 is 1.67 bits per heavy atom. The molecule has 1 aliphatic heterocycles. The van der Waals surface area contributed by atoms with Crippen molar-refractivity contribution in [2.24, 2.45) is 0 Å². The zero-order valence-electron chi connectivity index (χ0n) is 10.3. The molecule has 1 nitrogen and oxygen atoms in total. The maximum absolute atomic E-state index is 5.75. The summed E-state index contributed by atoms with van der Waals surface area (Å²) in [4.78, 5) is 0. The molecular weight excluding hydrogens is 146 g/mol. The van der Waals surface area contributed by atoms with Crippen LogP contribution in [0.5, 0.6) is 0 Å². The van der Waals surface area contributed by atoms with Crippen LogP contribution in [0.25, 0.3) is 0 Å². The molecule has 0 aromatic carbocycles. The molecule has 0 aliphatic carbocycles. The lowest BCUT2D eigenvalue weighted by atomic mass is 10.0. The van der Waals surface area contributed by atoms with Gasteiger partial charge in [-0.2, -0.15) is 0 Å². The molecular formula is C11H25N. The van der Waals surface area contributed by atoms with E-state index < -0.39 is 0 Å². The molecule has 12 heavy (non-hydrogen) atoms. The van der Waals surface area contributed by atoms with E-state index in [2.05, 4.69) is 19.2 Å². The van der Waals surface area contributed by atoms with Crippen molar-refractivity contribution >= 4 is 0 Å². The van der Waals surface area contributed by atoms with Crippen molar-refractivity contribution in [2.45, 2.75) is 47.9 Å². The summed E-state index contributed by atoms with van der Waals surface area (Å²) in [6, 6.07) is 0. The van der Waals surface area contributed by atoms with Gasteiger partial charge in [0.05, 0.1) is 0 Å². The first-order chi connectivity index (χ1) is 6.30. The first kappa shape index (κ1) is 11.7. The third-order valence-electron chi connectivity index (χ3n) is 1.91. The smallest absolute Gasteiger partial charge is 0.0194 e. The van der Waals surface area contributed by atoms with Crippen LogP contribution in [-0.4, -0.2) is 13.1 Å². The molecule has 0 bridgehead atoms. The van der Waals surface area contributed by atoms with Crippen LogP contribution in [-0.2, 0) is 0 Å². The van der Waals surface area contributed by atoms with Gasteiger partial charge in [0.2, 0.25) is 0 Å². The van der Waals surface area contributed by atoms with Crippen molar-refractivity contribution in [3.05, 3.63) is 11.1 Å². The second-order valence-electron chi connectivity index (χ2n) is 2.85. The lowest BCUT2D eigenvalue weighted by Gasteiger charge is -2.16. The van der Waals surface area contributed by atoms with Crippen molar-refractivity contribution in [3.8, 4) is 0 Å². The van der Waals surface area contributed by atoms with Gasteiger partial charge in [-0.1, -0.05) is 32.4 Å². The molecule has 0 spiro atoms. The Labute approximate surface area is 79.7 Å². The number of allylic oxidation sites excluding steroid dienone is 1. The van der Waals surface area contributed by atoms with Crippen LogP contribution in [0, 0.1) is 0 Å². The summed E-state index contributed by atoms with van der Waals surface area (Å²) in [6.45, 7) is 10.8. The number of hydrogen-bond acceptors (Lipinski definition) is 1. The highest BCUT2D eigenvalue weighted by atomic mass is 14.9. The van der Waals surface area contributed by atoms with Crippen LogP contribution < -0.4 is 5.32 Å². The van der Waals surface area contributed by atoms with Crippen LogP contribution in [0.15, 0.2) is 11.1 Å². The molecule has 0 atom stereocenters. The molecule has 0 radical (unpaired) electrons. The minimum atomic E-state index is 1.18. The minimum Gasteiger partial charge on any atom is -0.316 e. The summed E-state index contributed by atoms with van der Waals surface area (Å²) < 4.78 is 5.75. The molecule has 1 heterocycles. The standard InChI is InChI=1S/C8H15N.C2H6.CH4/c1-7(2)8-3-5-9-6-4-8;1-2;/h9H,3-6H2,1-2H3;1-2H3;1H4/i;;1D. The Bertz CT molecular complexity index is 118. The molecule has 1 aliphatic rings. The van der Waals surface area contributed by atoms with Crippen LogP contribution in [0.4, 0.5) is 0 Å². The van der Waals surface area contributed by atoms with Crippen molar-refractivity contribution in [1.29, 1.82) is 0 Å². The summed E-state index contributed by atoms with van der Waals surface area (Å²) in [5, 5.41) is 3.34. The molecule has 1 saturated heterocycles. The molecule has 0 amide bonds. The quantitative estimate of drug-likeness (QED) is 0.552. The fourth-order valence-electron chi connectivity index (χ4n) is 1.23. The Hall–Kier alpha value is -0.300. The summed E-state index contributed by atoms with van der Waals surface area (Å²) >= 11 is 0. The van der Waals surface area contributed by atoms with Crippen molar-refractivity contribution in [1.82, 2.24) is 5.32 Å². The van der Waals surface area contributed by atoms with Gasteiger partial charge in [-0.15, -0.1) is 0 Å². The number of rotatable bonds is 0. The lowest BCUT2D eigenvalue weighted by Crippen LogP contribution is -2.23. The first-order valence-electron chi connectivity index (χ1n) is 5.66. The van der Waals surface area contributed by atoms with Crippen molar-refractivity contribution in [2.75, 3.05) is 13.1 Å². The second kappa shape index (κ2) is 8.79. The zero-order chi connectivity index (χ0) is 10.7. The fraction of sp³-hybridized carbons (Fsp3) is 0.818. The number of hydrogen-bond donors (Lipinski definition) is 1. The van der Waals surface area contributed by atoms with E-state index in [4.69, 9.17) is 1.37 Å². The van der Waals surface area contributed by atoms with Gasteiger partial charge in [0.25, 0.3) is 0 Å². The molecule has 74 valence electrons. The lowest BCUT2D eigenvalue weighted by molar-refractivity contribution is 0.604. The Kier molecular flexibility index (Phi) is 8.57. The molecule has 0 saturated carbocycles. The topological polar surface area (TPSA) is 12.0 Å². The van der Waals surface area contributed by atoms with Gasteiger partial charge >= 0.3 is 0 Å². The summed E-state index contributed by atoms with van der Waals surface area (Å²) in [5.41, 5.74) is 3.19. The fourth-order valence-corrected chi connectivity index (χ4v) is 1.23. The summed E-state index contributed by atoms with van der Waals surface area (Å²) in [5.74, 6) is 0. The largest absolute Gasteiger partial charge is 0.316 e. The maximum Gasteiger partial charge on any atom is 0.0194 e. The van der Waals surface area contributed by atoms with Crippen LogP contribution >= 0.6 is 0 Å². The molecule has 1 fully saturated rings. The van der Waals surface area contributed by atoms with E-state index in [0.717, 1.165) is 0 Å². The predicted molar refractivity (Wildman–Crippen MR) is 58.6 cm³/mol. The molecule has 1 N–H and O–H groups in total. The number of nitrogens with one attached hydrogen (secondary N) is 1. The van der Waals surface area contributed by atoms with Crippen LogP contribution in [0.3, 0.4) is 0 Å². The van der Waals surface area contributed by atoms with E-state index in [0.29, 0.717) is 0 Å².